The van der Waals surface area contributed by atoms with E-state index in [9.17, 15) is 29.4 Å². The molecule has 8 nitrogen and oxygen atoms in total. The zero-order valence-corrected chi connectivity index (χ0v) is 15.4. The lowest BCUT2D eigenvalue weighted by Crippen LogP contribution is -2.71. The van der Waals surface area contributed by atoms with Crippen molar-refractivity contribution >= 4 is 41.1 Å². The average molecular weight is 390 g/mol. The molecule has 2 aliphatic heterocycles. The summed E-state index contributed by atoms with van der Waals surface area (Å²) in [6.45, 7) is 3.43. The number of aliphatic hydroxyl groups excluding tert-OH is 1. The quantitative estimate of drug-likeness (QED) is 0.294. The number of thioether (sulfide) groups is 1. The predicted molar refractivity (Wildman–Crippen MR) is 97.7 cm³/mol. The Morgan fingerprint density at radius 3 is 2.41 bits per heavy atom. The third kappa shape index (κ3) is 3.30. The molecule has 1 aromatic rings. The van der Waals surface area contributed by atoms with Gasteiger partial charge in [0.15, 0.2) is 0 Å². The second-order valence-corrected chi connectivity index (χ2v) is 8.58. The van der Waals surface area contributed by atoms with Crippen molar-refractivity contribution in [2.45, 2.75) is 36.1 Å². The van der Waals surface area contributed by atoms with Gasteiger partial charge in [-0.15, -0.1) is 11.8 Å². The molecule has 0 spiro atoms. The minimum atomic E-state index is -1.11. The molecule has 3 unspecified atom stereocenters. The molecule has 27 heavy (non-hydrogen) atoms. The fraction of sp³-hybridized carbons (Fsp3) is 0.333. The summed E-state index contributed by atoms with van der Waals surface area (Å²) in [6, 6.07) is 6.27. The number of amides is 2. The number of carbonyl (C=O) groups excluding carboxylic acids is 3. The van der Waals surface area contributed by atoms with Gasteiger partial charge in [0.05, 0.1) is 0 Å². The minimum absolute atomic E-state index is 0.361. The van der Waals surface area contributed by atoms with Crippen molar-refractivity contribution in [1.82, 2.24) is 10.2 Å². The first-order chi connectivity index (χ1) is 12.6. The molecule has 2 fully saturated rings. The number of nitrogens with one attached hydrogen (secondary N) is 1. The van der Waals surface area contributed by atoms with E-state index in [1.165, 1.54) is 16.7 Å². The van der Waals surface area contributed by atoms with Crippen LogP contribution in [-0.4, -0.2) is 60.9 Å². The number of carbonyl (C=O) groups is 4. The summed E-state index contributed by atoms with van der Waals surface area (Å²) in [6.07, 6.45) is 0.789. The van der Waals surface area contributed by atoms with Crippen molar-refractivity contribution in [3.8, 4) is 0 Å². The SMILES string of the molecule is CC1(C)SC2C(NC(=O)C(=O)/C=C(\O)c3ccccc3)C(=O)N2C1C(=O)O. The summed E-state index contributed by atoms with van der Waals surface area (Å²) in [5.41, 5.74) is 0.377. The van der Waals surface area contributed by atoms with Crippen LogP contribution < -0.4 is 5.32 Å². The molecule has 2 aliphatic rings. The Balaban J connectivity index is 1.68. The number of rotatable bonds is 5. The van der Waals surface area contributed by atoms with Gasteiger partial charge in [0.1, 0.15) is 23.2 Å². The van der Waals surface area contributed by atoms with Crippen LogP contribution in [0.2, 0.25) is 0 Å². The smallest absolute Gasteiger partial charge is 0.327 e. The number of aliphatic hydroxyl groups is 1. The van der Waals surface area contributed by atoms with Crippen LogP contribution in [0.25, 0.3) is 5.76 Å². The molecule has 9 heteroatoms. The first-order valence-electron chi connectivity index (χ1n) is 8.17. The zero-order valence-electron chi connectivity index (χ0n) is 14.6. The van der Waals surface area contributed by atoms with Crippen molar-refractivity contribution in [3.05, 3.63) is 42.0 Å². The van der Waals surface area contributed by atoms with Gasteiger partial charge in [0.2, 0.25) is 11.7 Å². The highest BCUT2D eigenvalue weighted by atomic mass is 32.2. The molecule has 0 saturated carbocycles. The lowest BCUT2D eigenvalue weighted by Gasteiger charge is -2.43. The maximum absolute atomic E-state index is 12.3. The van der Waals surface area contributed by atoms with E-state index >= 15 is 0 Å². The first-order valence-corrected chi connectivity index (χ1v) is 9.05. The standard InChI is InChI=1S/C18H18N2O6S/c1-18(2)13(17(25)26)20-15(24)12(16(20)27-18)19-14(23)11(22)8-10(21)9-6-4-3-5-7-9/h3-8,12-13,16,21H,1-2H3,(H,19,23)(H,25,26)/b10-8-. The molecule has 3 rings (SSSR count). The monoisotopic (exact) mass is 390 g/mol. The first kappa shape index (κ1) is 19.0. The van der Waals surface area contributed by atoms with E-state index in [0.717, 1.165) is 6.08 Å². The molecule has 2 saturated heterocycles. The van der Waals surface area contributed by atoms with E-state index in [2.05, 4.69) is 5.32 Å². The number of ketones is 1. The molecule has 1 aromatic carbocycles. The van der Waals surface area contributed by atoms with E-state index in [1.54, 1.807) is 44.2 Å². The molecule has 0 aliphatic carbocycles. The van der Waals surface area contributed by atoms with Crippen molar-refractivity contribution in [2.24, 2.45) is 0 Å². The van der Waals surface area contributed by atoms with Gasteiger partial charge in [-0.1, -0.05) is 30.3 Å². The van der Waals surface area contributed by atoms with Crippen LogP contribution in [0.15, 0.2) is 36.4 Å². The molecule has 0 aromatic heterocycles. The van der Waals surface area contributed by atoms with Gasteiger partial charge in [-0.05, 0) is 13.8 Å². The molecule has 0 bridgehead atoms. The summed E-state index contributed by atoms with van der Waals surface area (Å²) in [5.74, 6) is -4.05. The summed E-state index contributed by atoms with van der Waals surface area (Å²) in [7, 11) is 0. The third-order valence-electron chi connectivity index (χ3n) is 4.52. The Labute approximate surface area is 159 Å². The van der Waals surface area contributed by atoms with E-state index in [0.29, 0.717) is 5.56 Å². The van der Waals surface area contributed by atoms with Gasteiger partial charge in [0.25, 0.3) is 5.91 Å². The van der Waals surface area contributed by atoms with Crippen LogP contribution in [0.1, 0.15) is 19.4 Å². The average Bonchev–Trinajstić information content (AvgIpc) is 2.88. The molecule has 2 heterocycles. The van der Waals surface area contributed by atoms with Crippen molar-refractivity contribution in [2.75, 3.05) is 0 Å². The molecule has 3 N–H and O–H groups in total. The molecule has 0 radical (unpaired) electrons. The van der Waals surface area contributed by atoms with E-state index in [-0.39, 0.29) is 5.76 Å². The highest BCUT2D eigenvalue weighted by Crippen LogP contribution is 2.50. The number of benzene rings is 1. The maximum Gasteiger partial charge on any atom is 0.327 e. The van der Waals surface area contributed by atoms with Gasteiger partial charge in [-0.3, -0.25) is 14.4 Å². The van der Waals surface area contributed by atoms with Crippen molar-refractivity contribution in [3.63, 3.8) is 0 Å². The molecule has 142 valence electrons. The lowest BCUT2D eigenvalue weighted by atomic mass is 9.96. The number of fused-ring (bicyclic) bond motifs is 1. The van der Waals surface area contributed by atoms with Gasteiger partial charge in [-0.2, -0.15) is 0 Å². The number of hydrogen-bond donors (Lipinski definition) is 3. The maximum atomic E-state index is 12.3. The predicted octanol–water partition coefficient (Wildman–Crippen LogP) is 0.786. The number of β-lactam (4-membered cyclic amide) rings is 1. The van der Waals surface area contributed by atoms with Crippen LogP contribution in [0.3, 0.4) is 0 Å². The Hall–Kier alpha value is -2.81. The van der Waals surface area contributed by atoms with Crippen LogP contribution in [0.5, 0.6) is 0 Å². The van der Waals surface area contributed by atoms with Crippen molar-refractivity contribution in [1.29, 1.82) is 0 Å². The Morgan fingerprint density at radius 1 is 1.19 bits per heavy atom. The summed E-state index contributed by atoms with van der Waals surface area (Å²) in [5, 5.41) is 21.1. The molecule has 2 amide bonds. The van der Waals surface area contributed by atoms with Crippen LogP contribution in [-0.2, 0) is 19.2 Å². The van der Waals surface area contributed by atoms with Crippen LogP contribution in [0.4, 0.5) is 0 Å². The highest BCUT2D eigenvalue weighted by molar-refractivity contribution is 8.01. The fourth-order valence-corrected chi connectivity index (χ4v) is 4.87. The Morgan fingerprint density at radius 2 is 1.81 bits per heavy atom. The number of hydrogen-bond acceptors (Lipinski definition) is 6. The van der Waals surface area contributed by atoms with Crippen molar-refractivity contribution < 1.29 is 29.4 Å². The molecular formula is C18H18N2O6S. The second kappa shape index (κ2) is 6.73. The van der Waals surface area contributed by atoms with Crippen LogP contribution >= 0.6 is 11.8 Å². The minimum Gasteiger partial charge on any atom is -0.507 e. The van der Waals surface area contributed by atoms with E-state index in [4.69, 9.17) is 0 Å². The summed E-state index contributed by atoms with van der Waals surface area (Å²) in [4.78, 5) is 49.1. The largest absolute Gasteiger partial charge is 0.507 e. The Bertz CT molecular complexity index is 851. The molecular weight excluding hydrogens is 372 g/mol. The van der Waals surface area contributed by atoms with E-state index < -0.39 is 45.8 Å². The summed E-state index contributed by atoms with van der Waals surface area (Å²) < 4.78 is -0.721. The topological polar surface area (TPSA) is 124 Å². The Kier molecular flexibility index (Phi) is 4.73. The number of nitrogens with zero attached hydrogens (tertiary/aromatic N) is 1. The third-order valence-corrected chi connectivity index (χ3v) is 6.09. The van der Waals surface area contributed by atoms with E-state index in [1.807, 2.05) is 0 Å². The van der Waals surface area contributed by atoms with Crippen LogP contribution in [0, 0.1) is 0 Å². The second-order valence-electron chi connectivity index (χ2n) is 6.81. The molecule has 3 atom stereocenters. The summed E-state index contributed by atoms with van der Waals surface area (Å²) >= 11 is 1.26. The number of carboxylic acids is 1. The highest BCUT2D eigenvalue weighted by Gasteiger charge is 2.64. The van der Waals surface area contributed by atoms with Gasteiger partial charge >= 0.3 is 5.97 Å². The normalized spacial score (nSPS) is 26.1. The van der Waals surface area contributed by atoms with Gasteiger partial charge in [-0.25, -0.2) is 4.79 Å². The van der Waals surface area contributed by atoms with Gasteiger partial charge in [0, 0.05) is 16.4 Å². The number of carboxylic acid groups (broad SMARTS) is 1. The fourth-order valence-electron chi connectivity index (χ4n) is 3.24. The van der Waals surface area contributed by atoms with Gasteiger partial charge < -0.3 is 20.4 Å². The lowest BCUT2D eigenvalue weighted by molar-refractivity contribution is -0.161. The zero-order chi connectivity index (χ0) is 19.9. The number of aliphatic carboxylic acids is 1.